The summed E-state index contributed by atoms with van der Waals surface area (Å²) in [4.78, 5) is 24.2. The van der Waals surface area contributed by atoms with Crippen molar-refractivity contribution in [1.82, 2.24) is 0 Å². The van der Waals surface area contributed by atoms with E-state index >= 15 is 0 Å². The van der Waals surface area contributed by atoms with Crippen LogP contribution in [0.4, 0.5) is 5.69 Å². The third-order valence-electron chi connectivity index (χ3n) is 4.02. The van der Waals surface area contributed by atoms with Gasteiger partial charge in [-0.25, -0.2) is 4.79 Å². The van der Waals surface area contributed by atoms with Gasteiger partial charge >= 0.3 is 5.97 Å². The standard InChI is InChI=1S/C21H24ClNO4/c1-4-5-13-26-21(25)15(3)27-17-11-9-16(10-12-17)20(24)23-19-8-6-7-18(22)14(19)2/h6-12,15H,4-5,13H2,1-3H3,(H,23,24). The molecular formula is C21H24ClNO4. The largest absolute Gasteiger partial charge is 0.479 e. The van der Waals surface area contributed by atoms with Crippen molar-refractivity contribution in [3.05, 3.63) is 58.6 Å². The van der Waals surface area contributed by atoms with Crippen molar-refractivity contribution in [3.63, 3.8) is 0 Å². The second kappa shape index (κ2) is 9.97. The van der Waals surface area contributed by atoms with Crippen LogP contribution in [0.1, 0.15) is 42.6 Å². The number of hydrogen-bond acceptors (Lipinski definition) is 4. The average molecular weight is 390 g/mol. The molecule has 2 aromatic rings. The summed E-state index contributed by atoms with van der Waals surface area (Å²) >= 11 is 6.07. The molecule has 0 bridgehead atoms. The monoisotopic (exact) mass is 389 g/mol. The van der Waals surface area contributed by atoms with Crippen LogP contribution in [0, 0.1) is 6.92 Å². The van der Waals surface area contributed by atoms with E-state index in [0.717, 1.165) is 18.4 Å². The van der Waals surface area contributed by atoms with Crippen molar-refractivity contribution < 1.29 is 19.1 Å². The Morgan fingerprint density at radius 3 is 2.52 bits per heavy atom. The van der Waals surface area contributed by atoms with Crippen LogP contribution in [0.5, 0.6) is 5.75 Å². The third-order valence-corrected chi connectivity index (χ3v) is 4.43. The van der Waals surface area contributed by atoms with E-state index in [2.05, 4.69) is 5.32 Å². The number of nitrogens with one attached hydrogen (secondary N) is 1. The molecule has 0 saturated heterocycles. The molecule has 1 amide bonds. The van der Waals surface area contributed by atoms with E-state index in [0.29, 0.717) is 28.6 Å². The number of benzene rings is 2. The highest BCUT2D eigenvalue weighted by molar-refractivity contribution is 6.31. The number of anilines is 1. The van der Waals surface area contributed by atoms with Crippen molar-refractivity contribution in [2.45, 2.75) is 39.7 Å². The molecule has 0 aromatic heterocycles. The number of halogens is 1. The van der Waals surface area contributed by atoms with Gasteiger partial charge in [0.2, 0.25) is 0 Å². The molecule has 2 aromatic carbocycles. The second-order valence-corrected chi connectivity index (χ2v) is 6.58. The number of amides is 1. The lowest BCUT2D eigenvalue weighted by Crippen LogP contribution is -2.26. The van der Waals surface area contributed by atoms with Crippen molar-refractivity contribution in [2.75, 3.05) is 11.9 Å². The summed E-state index contributed by atoms with van der Waals surface area (Å²) in [6.07, 6.45) is 1.07. The van der Waals surface area contributed by atoms with Gasteiger partial charge in [0.25, 0.3) is 5.91 Å². The maximum absolute atomic E-state index is 12.4. The Kier molecular flexibility index (Phi) is 7.67. The number of esters is 1. The predicted molar refractivity (Wildman–Crippen MR) is 107 cm³/mol. The van der Waals surface area contributed by atoms with Gasteiger partial charge in [-0.3, -0.25) is 4.79 Å². The smallest absolute Gasteiger partial charge is 0.347 e. The van der Waals surface area contributed by atoms with Gasteiger partial charge < -0.3 is 14.8 Å². The Hall–Kier alpha value is -2.53. The van der Waals surface area contributed by atoms with E-state index in [1.165, 1.54) is 0 Å². The number of unbranched alkanes of at least 4 members (excludes halogenated alkanes) is 1. The summed E-state index contributed by atoms with van der Waals surface area (Å²) in [6, 6.07) is 11.9. The molecule has 0 radical (unpaired) electrons. The Morgan fingerprint density at radius 1 is 1.15 bits per heavy atom. The minimum absolute atomic E-state index is 0.251. The summed E-state index contributed by atoms with van der Waals surface area (Å²) < 4.78 is 10.7. The highest BCUT2D eigenvalue weighted by Gasteiger charge is 2.16. The highest BCUT2D eigenvalue weighted by Crippen LogP contribution is 2.24. The lowest BCUT2D eigenvalue weighted by molar-refractivity contribution is -0.151. The quantitative estimate of drug-likeness (QED) is 0.509. The second-order valence-electron chi connectivity index (χ2n) is 6.17. The first kappa shape index (κ1) is 20.8. The summed E-state index contributed by atoms with van der Waals surface area (Å²) in [6.45, 7) is 5.90. The van der Waals surface area contributed by atoms with Crippen LogP contribution in [-0.4, -0.2) is 24.6 Å². The number of ether oxygens (including phenoxy) is 2. The van der Waals surface area contributed by atoms with Crippen LogP contribution in [0.15, 0.2) is 42.5 Å². The lowest BCUT2D eigenvalue weighted by Gasteiger charge is -2.14. The Morgan fingerprint density at radius 2 is 1.85 bits per heavy atom. The molecule has 0 spiro atoms. The van der Waals surface area contributed by atoms with Crippen molar-refractivity contribution >= 4 is 29.2 Å². The fraction of sp³-hybridized carbons (Fsp3) is 0.333. The van der Waals surface area contributed by atoms with E-state index < -0.39 is 12.1 Å². The molecule has 5 nitrogen and oxygen atoms in total. The first-order chi connectivity index (χ1) is 12.9. The molecular weight excluding hydrogens is 366 g/mol. The van der Waals surface area contributed by atoms with E-state index in [1.54, 1.807) is 49.4 Å². The van der Waals surface area contributed by atoms with Gasteiger partial charge in [0.05, 0.1) is 6.61 Å². The molecule has 0 aliphatic carbocycles. The minimum Gasteiger partial charge on any atom is -0.479 e. The fourth-order valence-corrected chi connectivity index (χ4v) is 2.48. The molecule has 6 heteroatoms. The Labute approximate surface area is 164 Å². The van der Waals surface area contributed by atoms with Crippen molar-refractivity contribution in [2.24, 2.45) is 0 Å². The predicted octanol–water partition coefficient (Wildman–Crippen LogP) is 5.01. The van der Waals surface area contributed by atoms with E-state index in [1.807, 2.05) is 13.8 Å². The number of hydrogen-bond donors (Lipinski definition) is 1. The van der Waals surface area contributed by atoms with Crippen LogP contribution in [-0.2, 0) is 9.53 Å². The summed E-state index contributed by atoms with van der Waals surface area (Å²) in [5.74, 6) is -0.161. The molecule has 144 valence electrons. The zero-order valence-electron chi connectivity index (χ0n) is 15.8. The minimum atomic E-state index is -0.712. The molecule has 1 N–H and O–H groups in total. The van der Waals surface area contributed by atoms with Crippen molar-refractivity contribution in [1.29, 1.82) is 0 Å². The topological polar surface area (TPSA) is 64.6 Å². The first-order valence-corrected chi connectivity index (χ1v) is 9.30. The molecule has 0 heterocycles. The van der Waals surface area contributed by atoms with Crippen LogP contribution in [0.25, 0.3) is 0 Å². The van der Waals surface area contributed by atoms with Gasteiger partial charge in [-0.1, -0.05) is 31.0 Å². The van der Waals surface area contributed by atoms with Crippen LogP contribution >= 0.6 is 11.6 Å². The van der Waals surface area contributed by atoms with Gasteiger partial charge in [-0.2, -0.15) is 0 Å². The average Bonchev–Trinajstić information content (AvgIpc) is 2.66. The van der Waals surface area contributed by atoms with Gasteiger partial charge in [0, 0.05) is 16.3 Å². The normalized spacial score (nSPS) is 11.6. The van der Waals surface area contributed by atoms with E-state index in [-0.39, 0.29) is 5.91 Å². The number of carbonyl (C=O) groups is 2. The first-order valence-electron chi connectivity index (χ1n) is 8.92. The Balaban J connectivity index is 1.95. The number of carbonyl (C=O) groups excluding carboxylic acids is 2. The molecule has 0 aliphatic rings. The van der Waals surface area contributed by atoms with Crippen LogP contribution in [0.2, 0.25) is 5.02 Å². The Bertz CT molecular complexity index is 789. The zero-order chi connectivity index (χ0) is 19.8. The zero-order valence-corrected chi connectivity index (χ0v) is 16.5. The van der Waals surface area contributed by atoms with Crippen molar-refractivity contribution in [3.8, 4) is 5.75 Å². The molecule has 1 atom stereocenters. The number of rotatable bonds is 8. The molecule has 0 aliphatic heterocycles. The van der Waals surface area contributed by atoms with E-state index in [4.69, 9.17) is 21.1 Å². The lowest BCUT2D eigenvalue weighted by atomic mass is 10.1. The molecule has 1 unspecified atom stereocenters. The molecule has 0 fully saturated rings. The molecule has 2 rings (SSSR count). The van der Waals surface area contributed by atoms with Crippen LogP contribution in [0.3, 0.4) is 0 Å². The van der Waals surface area contributed by atoms with E-state index in [9.17, 15) is 9.59 Å². The third kappa shape index (κ3) is 6.00. The molecule has 0 saturated carbocycles. The SMILES string of the molecule is CCCCOC(=O)C(C)Oc1ccc(C(=O)Nc2cccc(Cl)c2C)cc1. The fourth-order valence-electron chi connectivity index (χ4n) is 2.31. The summed E-state index contributed by atoms with van der Waals surface area (Å²) in [7, 11) is 0. The summed E-state index contributed by atoms with van der Waals surface area (Å²) in [5, 5.41) is 3.43. The van der Waals surface area contributed by atoms with Gasteiger partial charge in [0.1, 0.15) is 5.75 Å². The maximum Gasteiger partial charge on any atom is 0.347 e. The van der Waals surface area contributed by atoms with Gasteiger partial charge in [0.15, 0.2) is 6.10 Å². The highest BCUT2D eigenvalue weighted by atomic mass is 35.5. The van der Waals surface area contributed by atoms with Gasteiger partial charge in [-0.15, -0.1) is 0 Å². The van der Waals surface area contributed by atoms with Crippen LogP contribution < -0.4 is 10.1 Å². The molecule has 27 heavy (non-hydrogen) atoms. The maximum atomic E-state index is 12.4. The summed E-state index contributed by atoms with van der Waals surface area (Å²) in [5.41, 5.74) is 1.94. The van der Waals surface area contributed by atoms with Gasteiger partial charge in [-0.05, 0) is 62.2 Å².